The van der Waals surface area contributed by atoms with Crippen LogP contribution in [0.4, 0.5) is 11.5 Å². The van der Waals surface area contributed by atoms with E-state index in [9.17, 15) is 0 Å². The van der Waals surface area contributed by atoms with E-state index in [0.717, 1.165) is 57.3 Å². The maximum Gasteiger partial charge on any atom is 0.191 e. The molecule has 0 unspecified atom stereocenters. The molecule has 0 radical (unpaired) electrons. The van der Waals surface area contributed by atoms with Gasteiger partial charge in [-0.3, -0.25) is 4.99 Å². The Kier molecular flexibility index (Phi) is 8.36. The van der Waals surface area contributed by atoms with Gasteiger partial charge in [0, 0.05) is 57.7 Å². The van der Waals surface area contributed by atoms with Crippen molar-refractivity contribution in [1.29, 1.82) is 0 Å². The molecule has 1 saturated heterocycles. The Hall–Kier alpha value is -2.29. The van der Waals surface area contributed by atoms with Crippen molar-refractivity contribution >= 4 is 41.4 Å². The molecular formula is C23H31IN6. The monoisotopic (exact) mass is 518 g/mol. The zero-order chi connectivity index (χ0) is 19.9. The number of hydrogen-bond acceptors (Lipinski definition) is 4. The third kappa shape index (κ3) is 5.87. The normalized spacial score (nSPS) is 17.0. The SMILES string of the molecule is CN=C(NCc1cccc(N2CC=CC2)c1)NC1CCN(c2ccccn2)CC1.I. The van der Waals surface area contributed by atoms with Crippen LogP contribution in [0, 0.1) is 0 Å². The molecule has 7 heteroatoms. The molecule has 0 amide bonds. The van der Waals surface area contributed by atoms with Crippen LogP contribution in [0.1, 0.15) is 18.4 Å². The van der Waals surface area contributed by atoms with Crippen LogP contribution < -0.4 is 20.4 Å². The summed E-state index contributed by atoms with van der Waals surface area (Å²) in [6.45, 7) is 4.78. The highest BCUT2D eigenvalue weighted by Gasteiger charge is 2.20. The van der Waals surface area contributed by atoms with Gasteiger partial charge in [-0.1, -0.05) is 30.4 Å². The summed E-state index contributed by atoms with van der Waals surface area (Å²) in [6, 6.07) is 15.3. The second kappa shape index (κ2) is 11.2. The van der Waals surface area contributed by atoms with E-state index >= 15 is 0 Å². The van der Waals surface area contributed by atoms with Crippen molar-refractivity contribution in [2.45, 2.75) is 25.4 Å². The average molecular weight is 518 g/mol. The molecule has 0 saturated carbocycles. The van der Waals surface area contributed by atoms with Crippen molar-refractivity contribution in [3.63, 3.8) is 0 Å². The van der Waals surface area contributed by atoms with E-state index in [0.29, 0.717) is 6.04 Å². The van der Waals surface area contributed by atoms with Crippen LogP contribution in [0.25, 0.3) is 0 Å². The van der Waals surface area contributed by atoms with Crippen molar-refractivity contribution in [2.24, 2.45) is 4.99 Å². The van der Waals surface area contributed by atoms with E-state index in [1.54, 1.807) is 0 Å². The van der Waals surface area contributed by atoms with E-state index in [4.69, 9.17) is 0 Å². The lowest BCUT2D eigenvalue weighted by Crippen LogP contribution is -2.48. The first-order valence-corrected chi connectivity index (χ1v) is 10.4. The zero-order valence-electron chi connectivity index (χ0n) is 17.5. The van der Waals surface area contributed by atoms with Crippen LogP contribution in [0.2, 0.25) is 0 Å². The number of aromatic nitrogens is 1. The molecular weight excluding hydrogens is 487 g/mol. The van der Waals surface area contributed by atoms with Gasteiger partial charge in [0.1, 0.15) is 5.82 Å². The molecule has 4 rings (SSSR count). The summed E-state index contributed by atoms with van der Waals surface area (Å²) < 4.78 is 0. The van der Waals surface area contributed by atoms with E-state index in [-0.39, 0.29) is 24.0 Å². The number of benzene rings is 1. The quantitative estimate of drug-likeness (QED) is 0.275. The molecule has 2 aliphatic rings. The predicted molar refractivity (Wildman–Crippen MR) is 136 cm³/mol. The molecule has 160 valence electrons. The Labute approximate surface area is 196 Å². The van der Waals surface area contributed by atoms with Crippen molar-refractivity contribution in [1.82, 2.24) is 15.6 Å². The van der Waals surface area contributed by atoms with Gasteiger partial charge in [0.15, 0.2) is 5.96 Å². The van der Waals surface area contributed by atoms with Crippen molar-refractivity contribution in [2.75, 3.05) is 43.0 Å². The minimum atomic E-state index is 0. The number of nitrogens with one attached hydrogen (secondary N) is 2. The molecule has 6 nitrogen and oxygen atoms in total. The number of nitrogens with zero attached hydrogens (tertiary/aromatic N) is 4. The van der Waals surface area contributed by atoms with Gasteiger partial charge in [-0.05, 0) is 42.7 Å². The maximum absolute atomic E-state index is 4.47. The van der Waals surface area contributed by atoms with Gasteiger partial charge in [0.25, 0.3) is 0 Å². The lowest BCUT2D eigenvalue weighted by Gasteiger charge is -2.33. The molecule has 2 N–H and O–H groups in total. The summed E-state index contributed by atoms with van der Waals surface area (Å²) in [5, 5.41) is 7.06. The van der Waals surface area contributed by atoms with Gasteiger partial charge in [-0.25, -0.2) is 4.98 Å². The number of hydrogen-bond donors (Lipinski definition) is 2. The standard InChI is InChI=1S/C23H30N6.HI/c1-24-23(26-18-19-7-6-8-21(17-19)28-13-4-5-14-28)27-20-10-15-29(16-11-20)22-9-2-3-12-25-22;/h2-9,12,17,20H,10-11,13-16,18H2,1H3,(H2,24,26,27);1H. The summed E-state index contributed by atoms with van der Waals surface area (Å²) >= 11 is 0. The molecule has 1 aromatic carbocycles. The molecule has 0 atom stereocenters. The van der Waals surface area contributed by atoms with Crippen molar-refractivity contribution in [3.05, 3.63) is 66.4 Å². The van der Waals surface area contributed by atoms with E-state index in [1.807, 2.05) is 25.4 Å². The van der Waals surface area contributed by atoms with Crippen LogP contribution in [0.3, 0.4) is 0 Å². The zero-order valence-corrected chi connectivity index (χ0v) is 19.8. The van der Waals surface area contributed by atoms with Gasteiger partial charge in [0.2, 0.25) is 0 Å². The minimum Gasteiger partial charge on any atom is -0.364 e. The van der Waals surface area contributed by atoms with Gasteiger partial charge in [-0.2, -0.15) is 0 Å². The Bertz CT molecular complexity index is 838. The fourth-order valence-corrected chi connectivity index (χ4v) is 3.92. The highest BCUT2D eigenvalue weighted by atomic mass is 127. The van der Waals surface area contributed by atoms with Crippen molar-refractivity contribution in [3.8, 4) is 0 Å². The first-order chi connectivity index (χ1) is 14.3. The molecule has 2 aliphatic heterocycles. The number of pyridine rings is 1. The highest BCUT2D eigenvalue weighted by molar-refractivity contribution is 14.0. The van der Waals surface area contributed by atoms with Gasteiger partial charge >= 0.3 is 0 Å². The molecule has 0 bridgehead atoms. The number of guanidine groups is 1. The van der Waals surface area contributed by atoms with E-state index < -0.39 is 0 Å². The number of piperidine rings is 1. The summed E-state index contributed by atoms with van der Waals surface area (Å²) in [6.07, 6.45) is 8.45. The summed E-state index contributed by atoms with van der Waals surface area (Å²) in [5.74, 6) is 1.94. The van der Waals surface area contributed by atoms with Crippen molar-refractivity contribution < 1.29 is 0 Å². The Morgan fingerprint density at radius 1 is 1.07 bits per heavy atom. The Balaban J connectivity index is 0.00000256. The Morgan fingerprint density at radius 2 is 1.87 bits per heavy atom. The second-order valence-corrected chi connectivity index (χ2v) is 7.57. The lowest BCUT2D eigenvalue weighted by atomic mass is 10.1. The molecule has 1 fully saturated rings. The first kappa shape index (κ1) is 22.4. The molecule has 0 aliphatic carbocycles. The summed E-state index contributed by atoms with van der Waals surface area (Å²) in [5.41, 5.74) is 2.54. The fourth-order valence-electron chi connectivity index (χ4n) is 3.92. The second-order valence-electron chi connectivity index (χ2n) is 7.57. The number of aliphatic imine (C=N–C) groups is 1. The van der Waals surface area contributed by atoms with Crippen LogP contribution in [0.5, 0.6) is 0 Å². The van der Waals surface area contributed by atoms with Gasteiger partial charge in [-0.15, -0.1) is 24.0 Å². The average Bonchev–Trinajstić information content (AvgIpc) is 3.33. The minimum absolute atomic E-state index is 0. The number of halogens is 1. The molecule has 30 heavy (non-hydrogen) atoms. The summed E-state index contributed by atoms with van der Waals surface area (Å²) in [4.78, 5) is 13.6. The first-order valence-electron chi connectivity index (χ1n) is 10.4. The van der Waals surface area contributed by atoms with Crippen LogP contribution in [-0.2, 0) is 6.54 Å². The van der Waals surface area contributed by atoms with Crippen LogP contribution >= 0.6 is 24.0 Å². The fraction of sp³-hybridized carbons (Fsp3) is 0.391. The molecule has 1 aromatic heterocycles. The highest BCUT2D eigenvalue weighted by Crippen LogP contribution is 2.19. The Morgan fingerprint density at radius 3 is 2.57 bits per heavy atom. The van der Waals surface area contributed by atoms with Crippen LogP contribution in [0.15, 0.2) is 65.8 Å². The molecule has 0 spiro atoms. The van der Waals surface area contributed by atoms with E-state index in [2.05, 4.69) is 72.9 Å². The van der Waals surface area contributed by atoms with E-state index in [1.165, 1.54) is 11.3 Å². The van der Waals surface area contributed by atoms with Gasteiger partial charge in [0.05, 0.1) is 0 Å². The lowest BCUT2D eigenvalue weighted by molar-refractivity contribution is 0.459. The predicted octanol–water partition coefficient (Wildman–Crippen LogP) is 3.41. The number of anilines is 2. The third-order valence-corrected chi connectivity index (χ3v) is 5.59. The maximum atomic E-state index is 4.47. The largest absolute Gasteiger partial charge is 0.364 e. The van der Waals surface area contributed by atoms with Gasteiger partial charge < -0.3 is 20.4 Å². The molecule has 3 heterocycles. The third-order valence-electron chi connectivity index (χ3n) is 5.59. The smallest absolute Gasteiger partial charge is 0.191 e. The topological polar surface area (TPSA) is 55.8 Å². The van der Waals surface area contributed by atoms with Crippen LogP contribution in [-0.4, -0.2) is 50.2 Å². The number of rotatable bonds is 5. The molecule has 2 aromatic rings. The summed E-state index contributed by atoms with van der Waals surface area (Å²) in [7, 11) is 1.84.